The van der Waals surface area contributed by atoms with Crippen molar-refractivity contribution < 1.29 is 19.2 Å². The Morgan fingerprint density at radius 2 is 1.89 bits per heavy atom. The third kappa shape index (κ3) is 7.44. The minimum absolute atomic E-state index is 0.0350. The van der Waals surface area contributed by atoms with Crippen molar-refractivity contribution in [1.29, 1.82) is 0 Å². The quantitative estimate of drug-likeness (QED) is 0.461. The number of ketones is 1. The number of hydrogen-bond acceptors (Lipinski definition) is 7. The predicted molar refractivity (Wildman–Crippen MR) is 146 cm³/mol. The molecule has 3 rings (SSSR count). The van der Waals surface area contributed by atoms with E-state index in [1.807, 2.05) is 12.3 Å². The highest BCUT2D eigenvalue weighted by molar-refractivity contribution is 5.92. The summed E-state index contributed by atoms with van der Waals surface area (Å²) in [5.74, 6) is -0.830. The van der Waals surface area contributed by atoms with Gasteiger partial charge in [0.25, 0.3) is 5.91 Å². The fourth-order valence-electron chi connectivity index (χ4n) is 4.06. The van der Waals surface area contributed by atoms with Crippen molar-refractivity contribution in [3.8, 4) is 0 Å². The Morgan fingerprint density at radius 1 is 1.16 bits per heavy atom. The van der Waals surface area contributed by atoms with Crippen molar-refractivity contribution in [3.05, 3.63) is 41.9 Å². The standard InChI is InChI=1S/C28H38N6O4/c1-17(2)21-12-20-13-22(29-15-24(20)30-14-21)9-10-28(5,6)27(38)31-16-25(36)32-18(3)26(37)34-11-7-8-23(33-34)19(4)35/h9-10,12-15,17-18,23,33H,7-8,11,16H2,1-6H3,(H,31,38)(H,32,36)/b10-9+. The van der Waals surface area contributed by atoms with E-state index in [0.717, 1.165) is 16.5 Å². The molecule has 0 spiro atoms. The van der Waals surface area contributed by atoms with Crippen molar-refractivity contribution >= 4 is 40.5 Å². The zero-order chi connectivity index (χ0) is 28.0. The van der Waals surface area contributed by atoms with Crippen molar-refractivity contribution in [2.45, 2.75) is 72.4 Å². The van der Waals surface area contributed by atoms with Gasteiger partial charge in [0, 0.05) is 18.1 Å². The molecule has 38 heavy (non-hydrogen) atoms. The van der Waals surface area contributed by atoms with Crippen molar-refractivity contribution in [2.24, 2.45) is 5.41 Å². The van der Waals surface area contributed by atoms with E-state index in [1.54, 1.807) is 39.1 Å². The lowest BCUT2D eigenvalue weighted by atomic mass is 9.91. The zero-order valence-corrected chi connectivity index (χ0v) is 23.0. The van der Waals surface area contributed by atoms with Crippen LogP contribution in [0.3, 0.4) is 0 Å². The van der Waals surface area contributed by atoms with Crippen LogP contribution in [0.15, 0.2) is 30.6 Å². The summed E-state index contributed by atoms with van der Waals surface area (Å²) >= 11 is 0. The molecule has 1 fully saturated rings. The van der Waals surface area contributed by atoms with Crippen LogP contribution in [0.25, 0.3) is 17.0 Å². The number of hydrazine groups is 1. The number of aromatic nitrogens is 2. The average molecular weight is 523 g/mol. The van der Waals surface area contributed by atoms with Crippen LogP contribution in [-0.4, -0.2) is 63.7 Å². The molecule has 0 bridgehead atoms. The van der Waals surface area contributed by atoms with E-state index < -0.39 is 23.4 Å². The lowest BCUT2D eigenvalue weighted by Crippen LogP contribution is -2.59. The Kier molecular flexibility index (Phi) is 9.32. The molecule has 1 aliphatic heterocycles. The van der Waals surface area contributed by atoms with Crippen LogP contribution < -0.4 is 16.1 Å². The maximum absolute atomic E-state index is 12.8. The van der Waals surface area contributed by atoms with E-state index in [2.05, 4.69) is 45.9 Å². The molecule has 3 N–H and O–H groups in total. The van der Waals surface area contributed by atoms with Gasteiger partial charge in [0.05, 0.1) is 35.4 Å². The summed E-state index contributed by atoms with van der Waals surface area (Å²) in [4.78, 5) is 58.4. The molecule has 2 aromatic heterocycles. The van der Waals surface area contributed by atoms with Crippen LogP contribution >= 0.6 is 0 Å². The number of nitrogens with zero attached hydrogens (tertiary/aromatic N) is 3. The summed E-state index contributed by atoms with van der Waals surface area (Å²) in [5, 5.41) is 7.61. The third-order valence-corrected chi connectivity index (χ3v) is 6.63. The second-order valence-corrected chi connectivity index (χ2v) is 10.7. The second kappa shape index (κ2) is 12.3. The van der Waals surface area contributed by atoms with Crippen LogP contribution in [0.5, 0.6) is 0 Å². The molecule has 0 saturated carbocycles. The topological polar surface area (TPSA) is 133 Å². The molecular formula is C28H38N6O4. The molecule has 1 saturated heterocycles. The molecule has 10 heteroatoms. The summed E-state index contributed by atoms with van der Waals surface area (Å²) in [6.45, 7) is 11.0. The highest BCUT2D eigenvalue weighted by Crippen LogP contribution is 2.22. The Hall–Kier alpha value is -3.66. The van der Waals surface area contributed by atoms with E-state index in [-0.39, 0.29) is 24.1 Å². The van der Waals surface area contributed by atoms with E-state index in [9.17, 15) is 19.2 Å². The lowest BCUT2D eigenvalue weighted by molar-refractivity contribution is -0.142. The predicted octanol–water partition coefficient (Wildman–Crippen LogP) is 2.50. The monoisotopic (exact) mass is 522 g/mol. The average Bonchev–Trinajstić information content (AvgIpc) is 2.89. The fraction of sp³-hybridized carbons (Fsp3) is 0.500. The van der Waals surface area contributed by atoms with Gasteiger partial charge in [-0.15, -0.1) is 0 Å². The number of carbonyl (C=O) groups excluding carboxylic acids is 4. The van der Waals surface area contributed by atoms with Crippen LogP contribution in [-0.2, 0) is 19.2 Å². The van der Waals surface area contributed by atoms with Crippen molar-refractivity contribution in [3.63, 3.8) is 0 Å². The normalized spacial score (nSPS) is 17.0. The smallest absolute Gasteiger partial charge is 0.258 e. The molecule has 2 aromatic rings. The zero-order valence-electron chi connectivity index (χ0n) is 23.0. The van der Waals surface area contributed by atoms with Gasteiger partial charge in [-0.05, 0) is 70.2 Å². The van der Waals surface area contributed by atoms with Gasteiger partial charge in [-0.3, -0.25) is 34.2 Å². The van der Waals surface area contributed by atoms with Gasteiger partial charge < -0.3 is 10.6 Å². The summed E-state index contributed by atoms with van der Waals surface area (Å²) in [5.41, 5.74) is 4.65. The van der Waals surface area contributed by atoms with Gasteiger partial charge in [0.15, 0.2) is 0 Å². The molecule has 2 unspecified atom stereocenters. The Balaban J connectivity index is 1.53. The molecule has 2 atom stereocenters. The number of pyridine rings is 2. The lowest BCUT2D eigenvalue weighted by Gasteiger charge is -2.34. The largest absolute Gasteiger partial charge is 0.346 e. The molecule has 3 heterocycles. The van der Waals surface area contributed by atoms with Gasteiger partial charge in [-0.2, -0.15) is 0 Å². The molecule has 10 nitrogen and oxygen atoms in total. The second-order valence-electron chi connectivity index (χ2n) is 10.7. The fourth-order valence-corrected chi connectivity index (χ4v) is 4.06. The van der Waals surface area contributed by atoms with E-state index in [1.165, 1.54) is 11.9 Å². The van der Waals surface area contributed by atoms with Crippen molar-refractivity contribution in [2.75, 3.05) is 13.1 Å². The number of nitrogens with one attached hydrogen (secondary N) is 3. The van der Waals surface area contributed by atoms with Crippen LogP contribution in [0.2, 0.25) is 0 Å². The van der Waals surface area contributed by atoms with E-state index >= 15 is 0 Å². The number of carbonyl (C=O) groups is 4. The summed E-state index contributed by atoms with van der Waals surface area (Å²) < 4.78 is 0. The summed E-state index contributed by atoms with van der Waals surface area (Å²) in [6, 6.07) is 2.82. The molecular weight excluding hydrogens is 484 g/mol. The van der Waals surface area contributed by atoms with Gasteiger partial charge in [0.1, 0.15) is 11.8 Å². The highest BCUT2D eigenvalue weighted by Gasteiger charge is 2.29. The molecule has 204 valence electrons. The number of hydrogen-bond donors (Lipinski definition) is 3. The first-order valence-electron chi connectivity index (χ1n) is 13.0. The molecule has 1 aliphatic rings. The first kappa shape index (κ1) is 28.9. The van der Waals surface area contributed by atoms with Gasteiger partial charge in [-0.25, -0.2) is 5.43 Å². The van der Waals surface area contributed by atoms with E-state index in [0.29, 0.717) is 31.0 Å². The van der Waals surface area contributed by atoms with Crippen molar-refractivity contribution in [1.82, 2.24) is 31.0 Å². The Bertz CT molecular complexity index is 1240. The first-order chi connectivity index (χ1) is 17.9. The summed E-state index contributed by atoms with van der Waals surface area (Å²) in [6.07, 6.45) is 8.46. The Morgan fingerprint density at radius 3 is 2.58 bits per heavy atom. The maximum atomic E-state index is 12.8. The van der Waals surface area contributed by atoms with Gasteiger partial charge in [0.2, 0.25) is 11.8 Å². The van der Waals surface area contributed by atoms with Crippen LogP contribution in [0, 0.1) is 5.41 Å². The van der Waals surface area contributed by atoms with Gasteiger partial charge in [-0.1, -0.05) is 19.9 Å². The minimum atomic E-state index is -0.907. The van der Waals surface area contributed by atoms with Crippen LogP contribution in [0.1, 0.15) is 71.6 Å². The number of amides is 3. The molecule has 3 amide bonds. The molecule has 0 aromatic carbocycles. The molecule has 0 aliphatic carbocycles. The first-order valence-corrected chi connectivity index (χ1v) is 13.0. The van der Waals surface area contributed by atoms with Crippen LogP contribution in [0.4, 0.5) is 0 Å². The molecule has 0 radical (unpaired) electrons. The number of fused-ring (bicyclic) bond motifs is 1. The van der Waals surface area contributed by atoms with E-state index in [4.69, 9.17) is 0 Å². The highest BCUT2D eigenvalue weighted by atomic mass is 16.2. The SMILES string of the molecule is CC(=O)C1CCCN(C(=O)C(C)NC(=O)CNC(=O)C(C)(C)/C=C/c2cc3cc(C(C)C)cnc3cn2)N1. The van der Waals surface area contributed by atoms with Gasteiger partial charge >= 0.3 is 0 Å². The Labute approximate surface area is 223 Å². The number of Topliss-reactive ketones (excluding diaryl/α,β-unsaturated/α-hetero) is 1. The summed E-state index contributed by atoms with van der Waals surface area (Å²) in [7, 11) is 0. The maximum Gasteiger partial charge on any atom is 0.258 e. The number of rotatable bonds is 9. The third-order valence-electron chi connectivity index (χ3n) is 6.63. The minimum Gasteiger partial charge on any atom is -0.346 e.